The van der Waals surface area contributed by atoms with Crippen LogP contribution in [0.5, 0.6) is 5.75 Å². The summed E-state index contributed by atoms with van der Waals surface area (Å²) in [5, 5.41) is 3.48. The van der Waals surface area contributed by atoms with Crippen LogP contribution < -0.4 is 10.1 Å². The molecule has 2 aromatic rings. The number of halogens is 1. The van der Waals surface area contributed by atoms with Gasteiger partial charge in [0.15, 0.2) is 0 Å². The highest BCUT2D eigenvalue weighted by Gasteiger charge is 2.14. The molecule has 1 N–H and O–H groups in total. The molecule has 1 amide bonds. The van der Waals surface area contributed by atoms with Gasteiger partial charge in [0.25, 0.3) is 5.91 Å². The van der Waals surface area contributed by atoms with Crippen LogP contribution in [0.2, 0.25) is 5.02 Å². The molecule has 2 aromatic carbocycles. The molecule has 0 aliphatic rings. The molecule has 4 heteroatoms. The largest absolute Gasteiger partial charge is 0.492 e. The molecule has 0 aliphatic heterocycles. The van der Waals surface area contributed by atoms with Crippen LogP contribution in [-0.4, -0.2) is 19.1 Å². The smallest absolute Gasteiger partial charge is 0.251 e. The van der Waals surface area contributed by atoms with Crippen LogP contribution in [0.25, 0.3) is 0 Å². The van der Waals surface area contributed by atoms with E-state index >= 15 is 0 Å². The van der Waals surface area contributed by atoms with Gasteiger partial charge in [-0.1, -0.05) is 50.6 Å². The van der Waals surface area contributed by atoms with Gasteiger partial charge in [-0.3, -0.25) is 4.79 Å². The molecule has 0 heterocycles. The minimum atomic E-state index is -0.0971. The van der Waals surface area contributed by atoms with Crippen molar-refractivity contribution in [2.24, 2.45) is 0 Å². The average molecular weight is 332 g/mol. The third kappa shape index (κ3) is 5.29. The predicted molar refractivity (Wildman–Crippen MR) is 94.4 cm³/mol. The first-order valence-corrected chi connectivity index (χ1v) is 8.01. The second kappa shape index (κ2) is 7.51. The van der Waals surface area contributed by atoms with Crippen molar-refractivity contribution in [1.82, 2.24) is 5.32 Å². The Hall–Kier alpha value is -2.00. The Morgan fingerprint density at radius 3 is 2.43 bits per heavy atom. The zero-order chi connectivity index (χ0) is 16.9. The van der Waals surface area contributed by atoms with Gasteiger partial charge in [0, 0.05) is 10.6 Å². The molecule has 0 bridgehead atoms. The molecule has 0 unspecified atom stereocenters. The molecule has 0 aromatic heterocycles. The van der Waals surface area contributed by atoms with Crippen molar-refractivity contribution in [2.45, 2.75) is 26.2 Å². The van der Waals surface area contributed by atoms with E-state index in [2.05, 4.69) is 26.1 Å². The standard InChI is InChI=1S/C19H22ClNO2/c1-19(2,3)15-9-7-14(8-10-15)18(22)21-11-12-23-17-6-4-5-16(20)13-17/h4-10,13H,11-12H2,1-3H3,(H,21,22). The molecule has 0 spiro atoms. The van der Waals surface area contributed by atoms with Crippen LogP contribution in [0.3, 0.4) is 0 Å². The van der Waals surface area contributed by atoms with Gasteiger partial charge in [-0.2, -0.15) is 0 Å². The number of hydrogen-bond donors (Lipinski definition) is 1. The van der Waals surface area contributed by atoms with Crippen molar-refractivity contribution in [3.63, 3.8) is 0 Å². The second-order valence-electron chi connectivity index (χ2n) is 6.39. The van der Waals surface area contributed by atoms with E-state index in [1.807, 2.05) is 36.4 Å². The van der Waals surface area contributed by atoms with Crippen LogP contribution in [0, 0.1) is 0 Å². The summed E-state index contributed by atoms with van der Waals surface area (Å²) >= 11 is 5.88. The van der Waals surface area contributed by atoms with Crippen molar-refractivity contribution in [3.8, 4) is 5.75 Å². The highest BCUT2D eigenvalue weighted by atomic mass is 35.5. The number of benzene rings is 2. The maximum absolute atomic E-state index is 12.1. The fraction of sp³-hybridized carbons (Fsp3) is 0.316. The third-order valence-electron chi connectivity index (χ3n) is 3.47. The van der Waals surface area contributed by atoms with Gasteiger partial charge >= 0.3 is 0 Å². The molecule has 122 valence electrons. The summed E-state index contributed by atoms with van der Waals surface area (Å²) < 4.78 is 5.54. The monoisotopic (exact) mass is 331 g/mol. The lowest BCUT2D eigenvalue weighted by Gasteiger charge is -2.19. The number of carbonyl (C=O) groups excluding carboxylic acids is 1. The lowest BCUT2D eigenvalue weighted by molar-refractivity contribution is 0.0947. The SMILES string of the molecule is CC(C)(C)c1ccc(C(=O)NCCOc2cccc(Cl)c2)cc1. The maximum atomic E-state index is 12.1. The highest BCUT2D eigenvalue weighted by Crippen LogP contribution is 2.22. The van der Waals surface area contributed by atoms with Crippen molar-refractivity contribution in [2.75, 3.05) is 13.2 Å². The normalized spacial score (nSPS) is 11.1. The summed E-state index contributed by atoms with van der Waals surface area (Å²) in [6.45, 7) is 7.28. The first kappa shape index (κ1) is 17.4. The fourth-order valence-electron chi connectivity index (χ4n) is 2.11. The summed E-state index contributed by atoms with van der Waals surface area (Å²) in [7, 11) is 0. The minimum absolute atomic E-state index is 0.0831. The summed E-state index contributed by atoms with van der Waals surface area (Å²) in [4.78, 5) is 12.1. The molecule has 0 saturated heterocycles. The Bertz CT molecular complexity index is 660. The Kier molecular flexibility index (Phi) is 5.67. The van der Waals surface area contributed by atoms with Crippen molar-refractivity contribution in [3.05, 3.63) is 64.7 Å². The van der Waals surface area contributed by atoms with Crippen molar-refractivity contribution < 1.29 is 9.53 Å². The Morgan fingerprint density at radius 1 is 1.13 bits per heavy atom. The zero-order valence-electron chi connectivity index (χ0n) is 13.7. The number of ether oxygens (including phenoxy) is 1. The van der Waals surface area contributed by atoms with Crippen LogP contribution in [-0.2, 0) is 5.41 Å². The van der Waals surface area contributed by atoms with Crippen LogP contribution in [0.4, 0.5) is 0 Å². The van der Waals surface area contributed by atoms with Crippen molar-refractivity contribution in [1.29, 1.82) is 0 Å². The third-order valence-corrected chi connectivity index (χ3v) is 3.70. The van der Waals surface area contributed by atoms with Gasteiger partial charge in [0.05, 0.1) is 6.54 Å². The van der Waals surface area contributed by atoms with E-state index in [-0.39, 0.29) is 11.3 Å². The van der Waals surface area contributed by atoms with Gasteiger partial charge in [-0.25, -0.2) is 0 Å². The highest BCUT2D eigenvalue weighted by molar-refractivity contribution is 6.30. The van der Waals surface area contributed by atoms with Gasteiger partial charge in [-0.15, -0.1) is 0 Å². The molecule has 0 aliphatic carbocycles. The van der Waals surface area contributed by atoms with Gasteiger partial charge in [0.2, 0.25) is 0 Å². The first-order chi connectivity index (χ1) is 10.9. The van der Waals surface area contributed by atoms with Crippen LogP contribution >= 0.6 is 11.6 Å². The van der Waals surface area contributed by atoms with Crippen LogP contribution in [0.1, 0.15) is 36.7 Å². The molecule has 2 rings (SSSR count). The van der Waals surface area contributed by atoms with E-state index in [0.29, 0.717) is 29.5 Å². The molecular weight excluding hydrogens is 310 g/mol. The lowest BCUT2D eigenvalue weighted by Crippen LogP contribution is -2.28. The minimum Gasteiger partial charge on any atom is -0.492 e. The molecule has 0 saturated carbocycles. The van der Waals surface area contributed by atoms with Gasteiger partial charge in [0.1, 0.15) is 12.4 Å². The Balaban J connectivity index is 1.81. The van der Waals surface area contributed by atoms with E-state index in [0.717, 1.165) is 0 Å². The van der Waals surface area contributed by atoms with E-state index < -0.39 is 0 Å². The predicted octanol–water partition coefficient (Wildman–Crippen LogP) is 4.45. The van der Waals surface area contributed by atoms with E-state index in [1.54, 1.807) is 12.1 Å². The number of nitrogens with one attached hydrogen (secondary N) is 1. The lowest BCUT2D eigenvalue weighted by atomic mass is 9.87. The van der Waals surface area contributed by atoms with E-state index in [1.165, 1.54) is 5.56 Å². The summed E-state index contributed by atoms with van der Waals surface area (Å²) in [6, 6.07) is 14.9. The topological polar surface area (TPSA) is 38.3 Å². The van der Waals surface area contributed by atoms with Crippen LogP contribution in [0.15, 0.2) is 48.5 Å². The number of rotatable bonds is 5. The summed E-state index contributed by atoms with van der Waals surface area (Å²) in [6.07, 6.45) is 0. The summed E-state index contributed by atoms with van der Waals surface area (Å²) in [5.74, 6) is 0.599. The first-order valence-electron chi connectivity index (χ1n) is 7.63. The number of hydrogen-bond acceptors (Lipinski definition) is 2. The average Bonchev–Trinajstić information content (AvgIpc) is 2.51. The molecular formula is C19H22ClNO2. The molecule has 0 atom stereocenters. The fourth-order valence-corrected chi connectivity index (χ4v) is 2.29. The van der Waals surface area contributed by atoms with Crippen molar-refractivity contribution >= 4 is 17.5 Å². The second-order valence-corrected chi connectivity index (χ2v) is 6.83. The molecule has 3 nitrogen and oxygen atoms in total. The number of carbonyl (C=O) groups is 1. The molecule has 0 fully saturated rings. The molecule has 23 heavy (non-hydrogen) atoms. The molecule has 0 radical (unpaired) electrons. The van der Waals surface area contributed by atoms with E-state index in [9.17, 15) is 4.79 Å². The Labute approximate surface area is 142 Å². The van der Waals surface area contributed by atoms with Gasteiger partial charge < -0.3 is 10.1 Å². The number of amides is 1. The maximum Gasteiger partial charge on any atom is 0.251 e. The summed E-state index contributed by atoms with van der Waals surface area (Å²) in [5.41, 5.74) is 1.94. The Morgan fingerprint density at radius 2 is 1.83 bits per heavy atom. The zero-order valence-corrected chi connectivity index (χ0v) is 14.5. The van der Waals surface area contributed by atoms with E-state index in [4.69, 9.17) is 16.3 Å². The van der Waals surface area contributed by atoms with Gasteiger partial charge in [-0.05, 0) is 41.3 Å². The quantitative estimate of drug-likeness (QED) is 0.822.